The number of carbonyl (C=O) groups excluding carboxylic acids is 1. The Bertz CT molecular complexity index is 562. The average Bonchev–Trinajstić information content (AvgIpc) is 2.35. The minimum Gasteiger partial charge on any atom is -0.488 e. The minimum absolute atomic E-state index is 0.0414. The Balaban J connectivity index is 2.78. The highest BCUT2D eigenvalue weighted by Gasteiger charge is 2.36. The maximum absolute atomic E-state index is 12.3. The van der Waals surface area contributed by atoms with Crippen LogP contribution in [0, 0.1) is 0 Å². The fourth-order valence-corrected chi connectivity index (χ4v) is 1.70. The molecule has 1 amide bonds. The molecule has 1 rings (SSSR count). The molecule has 0 saturated carbocycles. The zero-order chi connectivity index (χ0) is 17.8. The number of ether oxygens (including phenoxy) is 1. The molecular weight excluding hydrogens is 315 g/mol. The van der Waals surface area contributed by atoms with Crippen LogP contribution in [0.5, 0.6) is 5.75 Å². The number of carboxylic acid groups (broad SMARTS) is 1. The number of halogens is 3. The van der Waals surface area contributed by atoms with E-state index in [0.29, 0.717) is 5.75 Å². The van der Waals surface area contributed by atoms with Crippen molar-refractivity contribution in [2.45, 2.75) is 45.0 Å². The minimum atomic E-state index is -4.69. The topological polar surface area (TPSA) is 75.6 Å². The third-order valence-corrected chi connectivity index (χ3v) is 2.58. The fourth-order valence-electron chi connectivity index (χ4n) is 1.70. The number of aliphatic carboxylic acids is 1. The number of amides is 1. The molecule has 0 bridgehead atoms. The van der Waals surface area contributed by atoms with Gasteiger partial charge in [-0.15, -0.1) is 0 Å². The molecule has 1 aromatic carbocycles. The first-order valence-corrected chi connectivity index (χ1v) is 6.77. The van der Waals surface area contributed by atoms with Gasteiger partial charge in [-0.25, -0.2) is 4.79 Å². The third-order valence-electron chi connectivity index (χ3n) is 2.58. The molecule has 0 fully saturated rings. The number of rotatable bonds is 5. The van der Waals surface area contributed by atoms with Crippen molar-refractivity contribution < 1.29 is 32.6 Å². The Labute approximate surface area is 131 Å². The quantitative estimate of drug-likeness (QED) is 0.868. The van der Waals surface area contributed by atoms with Crippen molar-refractivity contribution >= 4 is 11.9 Å². The highest BCUT2D eigenvalue weighted by molar-refractivity contribution is 5.96. The summed E-state index contributed by atoms with van der Waals surface area (Å²) in [5.74, 6) is -2.16. The van der Waals surface area contributed by atoms with Crippen molar-refractivity contribution in [1.82, 2.24) is 5.32 Å². The molecule has 0 aromatic heterocycles. The summed E-state index contributed by atoms with van der Waals surface area (Å²) in [6.45, 7) is 5.51. The van der Waals surface area contributed by atoms with E-state index in [1.807, 2.05) is 26.1 Å². The summed E-state index contributed by atoms with van der Waals surface area (Å²) in [6.07, 6.45) is -6.33. The molecule has 1 atom stereocenters. The molecule has 8 heteroatoms. The van der Waals surface area contributed by atoms with Crippen LogP contribution in [0.1, 0.15) is 37.6 Å². The van der Waals surface area contributed by atoms with E-state index < -0.39 is 36.1 Å². The van der Waals surface area contributed by atoms with Gasteiger partial charge in [-0.1, -0.05) is 0 Å². The van der Waals surface area contributed by atoms with Gasteiger partial charge >= 0.3 is 12.1 Å². The highest BCUT2D eigenvalue weighted by atomic mass is 19.4. The van der Waals surface area contributed by atoms with Gasteiger partial charge in [0.05, 0.1) is 6.42 Å². The molecule has 1 unspecified atom stereocenters. The molecule has 0 aliphatic heterocycles. The molecule has 1 aromatic rings. The van der Waals surface area contributed by atoms with Crippen molar-refractivity contribution in [3.8, 4) is 5.75 Å². The largest absolute Gasteiger partial charge is 0.488 e. The van der Waals surface area contributed by atoms with Gasteiger partial charge in [0.25, 0.3) is 5.91 Å². The van der Waals surface area contributed by atoms with Crippen LogP contribution in [0.15, 0.2) is 24.3 Å². The molecule has 0 heterocycles. The molecule has 2 N–H and O–H groups in total. The van der Waals surface area contributed by atoms with E-state index in [4.69, 9.17) is 9.84 Å². The lowest BCUT2D eigenvalue weighted by Gasteiger charge is -2.21. The van der Waals surface area contributed by atoms with Gasteiger partial charge in [0.1, 0.15) is 17.4 Å². The maximum Gasteiger partial charge on any atom is 0.391 e. The van der Waals surface area contributed by atoms with Crippen LogP contribution < -0.4 is 10.1 Å². The van der Waals surface area contributed by atoms with Crippen LogP contribution in [-0.4, -0.2) is 34.8 Å². The van der Waals surface area contributed by atoms with Gasteiger partial charge in [-0.05, 0) is 45.0 Å². The molecule has 0 spiro atoms. The zero-order valence-electron chi connectivity index (χ0n) is 12.9. The van der Waals surface area contributed by atoms with Gasteiger partial charge in [-0.3, -0.25) is 4.79 Å². The summed E-state index contributed by atoms with van der Waals surface area (Å²) < 4.78 is 42.4. The number of benzene rings is 1. The SMILES string of the molecule is CC(C)(C)Oc1ccc(C(=O)NC(CC(F)(F)F)C(=O)O)cc1. The molecule has 0 aliphatic carbocycles. The number of nitrogens with one attached hydrogen (secondary N) is 1. The summed E-state index contributed by atoms with van der Waals surface area (Å²) in [4.78, 5) is 22.7. The number of hydrogen-bond donors (Lipinski definition) is 2. The third kappa shape index (κ3) is 7.03. The lowest BCUT2D eigenvalue weighted by molar-refractivity contribution is -0.157. The summed E-state index contributed by atoms with van der Waals surface area (Å²) >= 11 is 0. The normalized spacial score (nSPS) is 13.3. The van der Waals surface area contributed by atoms with E-state index in [-0.39, 0.29) is 5.56 Å². The van der Waals surface area contributed by atoms with Crippen LogP contribution in [-0.2, 0) is 4.79 Å². The lowest BCUT2D eigenvalue weighted by Crippen LogP contribution is -2.43. The van der Waals surface area contributed by atoms with Crippen LogP contribution in [0.3, 0.4) is 0 Å². The smallest absolute Gasteiger partial charge is 0.391 e. The van der Waals surface area contributed by atoms with E-state index in [9.17, 15) is 22.8 Å². The Morgan fingerprint density at radius 1 is 1.17 bits per heavy atom. The highest BCUT2D eigenvalue weighted by Crippen LogP contribution is 2.22. The standard InChI is InChI=1S/C15H18F3NO4/c1-14(2,3)23-10-6-4-9(5-7-10)12(20)19-11(13(21)22)8-15(16,17)18/h4-7,11H,8H2,1-3H3,(H,19,20)(H,21,22). The fraction of sp³-hybridized carbons (Fsp3) is 0.467. The monoisotopic (exact) mass is 333 g/mol. The summed E-state index contributed by atoms with van der Waals surface area (Å²) in [7, 11) is 0. The second-order valence-corrected chi connectivity index (χ2v) is 5.92. The second kappa shape index (κ2) is 6.89. The first-order valence-electron chi connectivity index (χ1n) is 6.77. The van der Waals surface area contributed by atoms with E-state index in [0.717, 1.165) is 0 Å². The van der Waals surface area contributed by atoms with Crippen LogP contribution >= 0.6 is 0 Å². The molecule has 128 valence electrons. The van der Waals surface area contributed by atoms with E-state index in [1.165, 1.54) is 24.3 Å². The number of hydrogen-bond acceptors (Lipinski definition) is 3. The van der Waals surface area contributed by atoms with Crippen LogP contribution in [0.25, 0.3) is 0 Å². The van der Waals surface area contributed by atoms with Gasteiger partial charge in [0, 0.05) is 5.56 Å². The second-order valence-electron chi connectivity index (χ2n) is 5.92. The van der Waals surface area contributed by atoms with Crippen molar-refractivity contribution in [3.05, 3.63) is 29.8 Å². The summed E-state index contributed by atoms with van der Waals surface area (Å²) in [5, 5.41) is 10.6. The summed E-state index contributed by atoms with van der Waals surface area (Å²) in [6, 6.07) is 3.64. The first kappa shape index (κ1) is 18.8. The number of alkyl halides is 3. The Morgan fingerprint density at radius 3 is 2.09 bits per heavy atom. The van der Waals surface area contributed by atoms with Crippen molar-refractivity contribution in [2.24, 2.45) is 0 Å². The summed E-state index contributed by atoms with van der Waals surface area (Å²) in [5.41, 5.74) is -0.398. The average molecular weight is 333 g/mol. The Hall–Kier alpha value is -2.25. The predicted molar refractivity (Wildman–Crippen MR) is 76.4 cm³/mol. The lowest BCUT2D eigenvalue weighted by atomic mass is 10.1. The van der Waals surface area contributed by atoms with Crippen LogP contribution in [0.2, 0.25) is 0 Å². The van der Waals surface area contributed by atoms with Gasteiger partial charge in [0.15, 0.2) is 0 Å². The number of carboxylic acids is 1. The van der Waals surface area contributed by atoms with Crippen molar-refractivity contribution in [1.29, 1.82) is 0 Å². The van der Waals surface area contributed by atoms with Crippen molar-refractivity contribution in [2.75, 3.05) is 0 Å². The van der Waals surface area contributed by atoms with Crippen molar-refractivity contribution in [3.63, 3.8) is 0 Å². The molecule has 0 aliphatic rings. The number of carbonyl (C=O) groups is 2. The molecular formula is C15H18F3NO4. The van der Waals surface area contributed by atoms with E-state index in [1.54, 1.807) is 0 Å². The van der Waals surface area contributed by atoms with E-state index in [2.05, 4.69) is 0 Å². The van der Waals surface area contributed by atoms with Gasteiger partial charge < -0.3 is 15.2 Å². The van der Waals surface area contributed by atoms with Gasteiger partial charge in [-0.2, -0.15) is 13.2 Å². The Kier molecular flexibility index (Phi) is 5.63. The molecule has 0 radical (unpaired) electrons. The van der Waals surface area contributed by atoms with E-state index >= 15 is 0 Å². The van der Waals surface area contributed by atoms with Gasteiger partial charge in [0.2, 0.25) is 0 Å². The molecule has 23 heavy (non-hydrogen) atoms. The van der Waals surface area contributed by atoms with Crippen LogP contribution in [0.4, 0.5) is 13.2 Å². The predicted octanol–water partition coefficient (Wildman–Crippen LogP) is 3.00. The Morgan fingerprint density at radius 2 is 1.70 bits per heavy atom. The zero-order valence-corrected chi connectivity index (χ0v) is 12.9. The maximum atomic E-state index is 12.3. The molecule has 5 nitrogen and oxygen atoms in total. The first-order chi connectivity index (χ1) is 10.4. The molecule has 0 saturated heterocycles.